The van der Waals surface area contributed by atoms with Crippen molar-refractivity contribution in [3.05, 3.63) is 59.2 Å². The van der Waals surface area contributed by atoms with Gasteiger partial charge in [0, 0.05) is 24.8 Å². The number of rotatable bonds is 6. The molecule has 1 aliphatic heterocycles. The van der Waals surface area contributed by atoms with E-state index in [0.29, 0.717) is 12.2 Å². The summed E-state index contributed by atoms with van der Waals surface area (Å²) < 4.78 is 16.0. The van der Waals surface area contributed by atoms with Crippen LogP contribution in [-0.4, -0.2) is 38.7 Å². The molecule has 1 amide bonds. The first kappa shape index (κ1) is 18.3. The highest BCUT2D eigenvalue weighted by molar-refractivity contribution is 5.94. The van der Waals surface area contributed by atoms with Gasteiger partial charge in [-0.05, 0) is 48.7 Å². The third-order valence-electron chi connectivity index (χ3n) is 4.82. The van der Waals surface area contributed by atoms with Crippen LogP contribution in [0.15, 0.2) is 42.5 Å². The molecule has 1 heterocycles. The lowest BCUT2D eigenvalue weighted by atomic mass is 10.0. The first-order chi connectivity index (χ1) is 12.7. The quantitative estimate of drug-likeness (QED) is 0.790. The van der Waals surface area contributed by atoms with Crippen LogP contribution in [0.4, 0.5) is 0 Å². The molecule has 3 rings (SSSR count). The largest absolute Gasteiger partial charge is 0.497 e. The summed E-state index contributed by atoms with van der Waals surface area (Å²) in [4.78, 5) is 15.0. The van der Waals surface area contributed by atoms with Gasteiger partial charge in [0.15, 0.2) is 0 Å². The molecule has 0 radical (unpaired) electrons. The fourth-order valence-electron chi connectivity index (χ4n) is 3.51. The number of methoxy groups -OCH3 is 3. The number of carbonyl (C=O) groups is 1. The molecule has 0 spiro atoms. The van der Waals surface area contributed by atoms with E-state index in [1.807, 2.05) is 47.4 Å². The second kappa shape index (κ2) is 8.23. The van der Waals surface area contributed by atoms with Crippen LogP contribution >= 0.6 is 0 Å². The molecule has 0 saturated carbocycles. The summed E-state index contributed by atoms with van der Waals surface area (Å²) in [5.74, 6) is 1.59. The maximum absolute atomic E-state index is 13.1. The van der Waals surface area contributed by atoms with Crippen molar-refractivity contribution in [1.29, 1.82) is 0 Å². The summed E-state index contributed by atoms with van der Waals surface area (Å²) >= 11 is 0. The molecule has 1 atom stereocenters. The van der Waals surface area contributed by atoms with Crippen molar-refractivity contribution in [3.8, 4) is 11.5 Å². The molecule has 1 saturated heterocycles. The van der Waals surface area contributed by atoms with Crippen LogP contribution in [0.5, 0.6) is 11.5 Å². The van der Waals surface area contributed by atoms with E-state index >= 15 is 0 Å². The van der Waals surface area contributed by atoms with Gasteiger partial charge in [-0.15, -0.1) is 0 Å². The first-order valence-electron chi connectivity index (χ1n) is 8.78. The lowest BCUT2D eigenvalue weighted by Crippen LogP contribution is -2.30. The van der Waals surface area contributed by atoms with E-state index in [1.165, 1.54) is 0 Å². The molecule has 26 heavy (non-hydrogen) atoms. The average Bonchev–Trinajstić information content (AvgIpc) is 3.17. The maximum atomic E-state index is 13.1. The highest BCUT2D eigenvalue weighted by Crippen LogP contribution is 2.39. The Kier molecular flexibility index (Phi) is 5.78. The molecule has 2 aromatic carbocycles. The Hall–Kier alpha value is -2.53. The van der Waals surface area contributed by atoms with Gasteiger partial charge in [0.1, 0.15) is 11.5 Å². The van der Waals surface area contributed by atoms with Crippen molar-refractivity contribution in [3.63, 3.8) is 0 Å². The van der Waals surface area contributed by atoms with Crippen molar-refractivity contribution in [2.24, 2.45) is 0 Å². The van der Waals surface area contributed by atoms with E-state index in [1.54, 1.807) is 21.3 Å². The van der Waals surface area contributed by atoms with Crippen molar-refractivity contribution in [2.45, 2.75) is 25.5 Å². The number of nitrogens with zero attached hydrogens (tertiary/aromatic N) is 1. The van der Waals surface area contributed by atoms with Gasteiger partial charge in [-0.1, -0.05) is 12.1 Å². The second-order valence-corrected chi connectivity index (χ2v) is 6.39. The van der Waals surface area contributed by atoms with Gasteiger partial charge in [-0.3, -0.25) is 4.79 Å². The van der Waals surface area contributed by atoms with Crippen molar-refractivity contribution >= 4 is 5.91 Å². The summed E-state index contributed by atoms with van der Waals surface area (Å²) in [6.45, 7) is 1.28. The minimum absolute atomic E-state index is 0.00815. The number of ether oxygens (including phenoxy) is 3. The summed E-state index contributed by atoms with van der Waals surface area (Å²) in [5, 5.41) is 0. The molecule has 0 bridgehead atoms. The zero-order valence-electron chi connectivity index (χ0n) is 15.5. The molecule has 1 fully saturated rings. The zero-order valence-corrected chi connectivity index (χ0v) is 15.5. The van der Waals surface area contributed by atoms with E-state index in [4.69, 9.17) is 14.2 Å². The lowest BCUT2D eigenvalue weighted by molar-refractivity contribution is 0.0734. The first-order valence-corrected chi connectivity index (χ1v) is 8.78. The predicted molar refractivity (Wildman–Crippen MR) is 99.7 cm³/mol. The van der Waals surface area contributed by atoms with E-state index in [2.05, 4.69) is 0 Å². The average molecular weight is 355 g/mol. The standard InChI is InChI=1S/C21H25NO4/c1-24-14-15-6-8-16(9-7-15)21(23)22-12-4-5-19(22)18-13-17(25-2)10-11-20(18)26-3/h6-11,13,19H,4-5,12,14H2,1-3H3/t19-/m1/s1. The Morgan fingerprint density at radius 3 is 2.50 bits per heavy atom. The minimum Gasteiger partial charge on any atom is -0.497 e. The highest BCUT2D eigenvalue weighted by atomic mass is 16.5. The van der Waals surface area contributed by atoms with E-state index < -0.39 is 0 Å². The highest BCUT2D eigenvalue weighted by Gasteiger charge is 2.32. The van der Waals surface area contributed by atoms with E-state index in [-0.39, 0.29) is 11.9 Å². The van der Waals surface area contributed by atoms with Crippen LogP contribution in [0.25, 0.3) is 0 Å². The van der Waals surface area contributed by atoms with Gasteiger partial charge in [-0.25, -0.2) is 0 Å². The zero-order chi connectivity index (χ0) is 18.5. The molecule has 0 N–H and O–H groups in total. The Balaban J connectivity index is 1.87. The second-order valence-electron chi connectivity index (χ2n) is 6.39. The topological polar surface area (TPSA) is 48.0 Å². The van der Waals surface area contributed by atoms with Crippen LogP contribution in [-0.2, 0) is 11.3 Å². The van der Waals surface area contributed by atoms with Gasteiger partial charge < -0.3 is 19.1 Å². The minimum atomic E-state index is -0.00815. The monoisotopic (exact) mass is 355 g/mol. The van der Waals surface area contributed by atoms with Crippen molar-refractivity contribution < 1.29 is 19.0 Å². The van der Waals surface area contributed by atoms with Crippen LogP contribution < -0.4 is 9.47 Å². The fraction of sp³-hybridized carbons (Fsp3) is 0.381. The lowest BCUT2D eigenvalue weighted by Gasteiger charge is -2.27. The van der Waals surface area contributed by atoms with Crippen LogP contribution in [0.3, 0.4) is 0 Å². The number of hydrogen-bond donors (Lipinski definition) is 0. The Bertz CT molecular complexity index is 757. The number of benzene rings is 2. The number of amides is 1. The van der Waals surface area contributed by atoms with Gasteiger partial charge >= 0.3 is 0 Å². The summed E-state index contributed by atoms with van der Waals surface area (Å²) in [5.41, 5.74) is 2.74. The van der Waals surface area contributed by atoms with Gasteiger partial charge in [0.05, 0.1) is 26.9 Å². The van der Waals surface area contributed by atoms with Gasteiger partial charge in [0.25, 0.3) is 5.91 Å². The van der Waals surface area contributed by atoms with Crippen LogP contribution in [0, 0.1) is 0 Å². The summed E-state index contributed by atoms with van der Waals surface area (Å²) in [6, 6.07) is 13.3. The molecule has 0 aliphatic carbocycles. The number of hydrogen-bond acceptors (Lipinski definition) is 4. The predicted octanol–water partition coefficient (Wildman–Crippen LogP) is 3.83. The maximum Gasteiger partial charge on any atom is 0.254 e. The Morgan fingerprint density at radius 1 is 1.08 bits per heavy atom. The Labute approximate surface area is 154 Å². The van der Waals surface area contributed by atoms with Crippen LogP contribution in [0.1, 0.15) is 40.4 Å². The SMILES string of the molecule is COCc1ccc(C(=O)N2CCC[C@@H]2c2cc(OC)ccc2OC)cc1. The van der Waals surface area contributed by atoms with E-state index in [9.17, 15) is 4.79 Å². The molecular weight excluding hydrogens is 330 g/mol. The summed E-state index contributed by atoms with van der Waals surface area (Å²) in [7, 11) is 4.96. The van der Waals surface area contributed by atoms with Crippen molar-refractivity contribution in [2.75, 3.05) is 27.9 Å². The molecule has 138 valence electrons. The third-order valence-corrected chi connectivity index (χ3v) is 4.82. The molecule has 0 unspecified atom stereocenters. The van der Waals surface area contributed by atoms with Gasteiger partial charge in [-0.2, -0.15) is 0 Å². The molecular formula is C21H25NO4. The fourth-order valence-corrected chi connectivity index (χ4v) is 3.51. The molecule has 1 aliphatic rings. The number of carbonyl (C=O) groups excluding carboxylic acids is 1. The molecule has 5 nitrogen and oxygen atoms in total. The van der Waals surface area contributed by atoms with E-state index in [0.717, 1.165) is 42.0 Å². The van der Waals surface area contributed by atoms with Crippen molar-refractivity contribution in [1.82, 2.24) is 4.90 Å². The van der Waals surface area contributed by atoms with Gasteiger partial charge in [0.2, 0.25) is 0 Å². The molecule has 5 heteroatoms. The van der Waals surface area contributed by atoms with Crippen LogP contribution in [0.2, 0.25) is 0 Å². The number of likely N-dealkylation sites (tertiary alicyclic amines) is 1. The smallest absolute Gasteiger partial charge is 0.254 e. The summed E-state index contributed by atoms with van der Waals surface area (Å²) in [6.07, 6.45) is 1.88. The molecule has 2 aromatic rings. The third kappa shape index (κ3) is 3.68. The Morgan fingerprint density at radius 2 is 1.85 bits per heavy atom. The molecule has 0 aromatic heterocycles. The normalized spacial score (nSPS) is 16.6.